The minimum absolute atomic E-state index is 0.166. The molecule has 0 atom stereocenters. The molecule has 0 spiro atoms. The first kappa shape index (κ1) is 13.3. The molecule has 0 aliphatic carbocycles. The summed E-state index contributed by atoms with van der Waals surface area (Å²) in [6.07, 6.45) is 2.04. The second-order valence-electron chi connectivity index (χ2n) is 2.95. The predicted octanol–water partition coefficient (Wildman–Crippen LogP) is 2.85. The number of nitrogens with two attached hydrogens (primary N) is 1. The number of alkyl halides is 3. The number of hydrogen-bond donors (Lipinski definition) is 1. The van der Waals surface area contributed by atoms with Crippen molar-refractivity contribution in [1.82, 2.24) is 9.36 Å². The summed E-state index contributed by atoms with van der Waals surface area (Å²) in [6, 6.07) is 0. The molecule has 0 aliphatic heterocycles. The Morgan fingerprint density at radius 3 is 2.60 bits per heavy atom. The standard InChI is InChI=1S/C7H11Cl3N4S/c1-2-3-4-14(11)6-12-5(13-15-6)7(8,9)10/h2-4,11H2,1H3. The maximum atomic E-state index is 5.75. The van der Waals surface area contributed by atoms with Crippen LogP contribution in [0.5, 0.6) is 0 Å². The molecule has 1 rings (SSSR count). The van der Waals surface area contributed by atoms with Crippen molar-refractivity contribution in [1.29, 1.82) is 0 Å². The smallest absolute Gasteiger partial charge is 0.251 e. The third kappa shape index (κ3) is 3.92. The van der Waals surface area contributed by atoms with Gasteiger partial charge in [0, 0.05) is 18.1 Å². The molecule has 0 aromatic carbocycles. The Balaban J connectivity index is 2.67. The van der Waals surface area contributed by atoms with Gasteiger partial charge in [0.2, 0.25) is 5.13 Å². The molecule has 0 unspecified atom stereocenters. The normalized spacial score (nSPS) is 11.8. The highest BCUT2D eigenvalue weighted by molar-refractivity contribution is 7.09. The fourth-order valence-corrected chi connectivity index (χ4v) is 1.94. The molecule has 15 heavy (non-hydrogen) atoms. The molecule has 0 saturated heterocycles. The van der Waals surface area contributed by atoms with Gasteiger partial charge >= 0.3 is 0 Å². The van der Waals surface area contributed by atoms with Gasteiger partial charge in [0.25, 0.3) is 3.79 Å². The van der Waals surface area contributed by atoms with Crippen molar-refractivity contribution >= 4 is 51.5 Å². The number of nitrogens with zero attached hydrogens (tertiary/aromatic N) is 3. The number of anilines is 1. The van der Waals surface area contributed by atoms with E-state index in [4.69, 9.17) is 40.6 Å². The van der Waals surface area contributed by atoms with Gasteiger partial charge in [0.05, 0.1) is 0 Å². The van der Waals surface area contributed by atoms with Crippen molar-refractivity contribution in [3.63, 3.8) is 0 Å². The first-order valence-corrected chi connectivity index (χ1v) is 6.29. The van der Waals surface area contributed by atoms with E-state index in [9.17, 15) is 0 Å². The first-order chi connectivity index (χ1) is 6.95. The van der Waals surface area contributed by atoms with E-state index in [2.05, 4.69) is 16.3 Å². The Morgan fingerprint density at radius 1 is 1.47 bits per heavy atom. The van der Waals surface area contributed by atoms with Gasteiger partial charge in [-0.1, -0.05) is 48.1 Å². The van der Waals surface area contributed by atoms with E-state index in [0.717, 1.165) is 24.4 Å². The fraction of sp³-hybridized carbons (Fsp3) is 0.714. The van der Waals surface area contributed by atoms with Crippen molar-refractivity contribution < 1.29 is 0 Å². The molecule has 86 valence electrons. The van der Waals surface area contributed by atoms with Crippen molar-refractivity contribution in [3.8, 4) is 0 Å². The topological polar surface area (TPSA) is 55.0 Å². The van der Waals surface area contributed by atoms with E-state index in [-0.39, 0.29) is 5.82 Å². The summed E-state index contributed by atoms with van der Waals surface area (Å²) in [5.74, 6) is 5.92. The molecule has 2 N–H and O–H groups in total. The fourth-order valence-electron chi connectivity index (χ4n) is 0.871. The zero-order valence-corrected chi connectivity index (χ0v) is 11.2. The molecule has 0 radical (unpaired) electrons. The summed E-state index contributed by atoms with van der Waals surface area (Å²) in [7, 11) is 0. The Bertz CT molecular complexity index is 311. The molecule has 1 heterocycles. The van der Waals surface area contributed by atoms with E-state index in [1.165, 1.54) is 5.01 Å². The lowest BCUT2D eigenvalue weighted by Gasteiger charge is -2.13. The van der Waals surface area contributed by atoms with E-state index in [1.54, 1.807) is 0 Å². The lowest BCUT2D eigenvalue weighted by atomic mass is 10.3. The number of aromatic nitrogens is 2. The van der Waals surface area contributed by atoms with Gasteiger partial charge in [-0.25, -0.2) is 5.84 Å². The molecule has 0 bridgehead atoms. The maximum absolute atomic E-state index is 5.75. The van der Waals surface area contributed by atoms with Crippen LogP contribution in [0.4, 0.5) is 5.13 Å². The van der Waals surface area contributed by atoms with Crippen LogP contribution in [-0.4, -0.2) is 15.9 Å². The van der Waals surface area contributed by atoms with Crippen LogP contribution in [0, 0.1) is 0 Å². The lowest BCUT2D eigenvalue weighted by molar-refractivity contribution is 0.735. The van der Waals surface area contributed by atoms with E-state index < -0.39 is 3.79 Å². The zero-order chi connectivity index (χ0) is 11.5. The molecule has 4 nitrogen and oxygen atoms in total. The minimum atomic E-state index is -1.58. The van der Waals surface area contributed by atoms with Gasteiger partial charge < -0.3 is 0 Å². The van der Waals surface area contributed by atoms with Crippen LogP contribution in [0.15, 0.2) is 0 Å². The van der Waals surface area contributed by atoms with Crippen LogP contribution < -0.4 is 10.9 Å². The number of halogens is 3. The Morgan fingerprint density at radius 2 is 2.13 bits per heavy atom. The number of hydrogen-bond acceptors (Lipinski definition) is 5. The minimum Gasteiger partial charge on any atom is -0.285 e. The van der Waals surface area contributed by atoms with Crippen LogP contribution in [0.25, 0.3) is 0 Å². The van der Waals surface area contributed by atoms with Gasteiger partial charge in [-0.05, 0) is 6.42 Å². The lowest BCUT2D eigenvalue weighted by Crippen LogP contribution is -2.31. The molecule has 0 amide bonds. The summed E-state index contributed by atoms with van der Waals surface area (Å²) in [5, 5.41) is 2.07. The maximum Gasteiger partial charge on any atom is 0.251 e. The highest BCUT2D eigenvalue weighted by Crippen LogP contribution is 2.37. The second-order valence-corrected chi connectivity index (χ2v) is 5.96. The Kier molecular flexibility index (Phi) is 4.86. The van der Waals surface area contributed by atoms with E-state index in [1.807, 2.05) is 0 Å². The number of unbranched alkanes of at least 4 members (excludes halogenated alkanes) is 1. The first-order valence-electron chi connectivity index (χ1n) is 4.38. The third-order valence-corrected chi connectivity index (χ3v) is 2.93. The summed E-state index contributed by atoms with van der Waals surface area (Å²) in [5.41, 5.74) is 0. The highest BCUT2D eigenvalue weighted by atomic mass is 35.6. The predicted molar refractivity (Wildman–Crippen MR) is 65.6 cm³/mol. The van der Waals surface area contributed by atoms with Gasteiger partial charge in [-0.2, -0.15) is 9.36 Å². The molecule has 0 saturated carbocycles. The number of rotatable bonds is 4. The average Bonchev–Trinajstić information content (AvgIpc) is 2.62. The second kappa shape index (κ2) is 5.50. The Hall–Kier alpha value is 0.190. The van der Waals surface area contributed by atoms with Crippen molar-refractivity contribution in [2.75, 3.05) is 11.6 Å². The van der Waals surface area contributed by atoms with Crippen LogP contribution in [0.3, 0.4) is 0 Å². The zero-order valence-electron chi connectivity index (χ0n) is 8.08. The van der Waals surface area contributed by atoms with Gasteiger partial charge in [-0.3, -0.25) is 5.01 Å². The molecule has 8 heteroatoms. The van der Waals surface area contributed by atoms with Crippen LogP contribution >= 0.6 is 46.3 Å². The SMILES string of the molecule is CCCCN(N)c1nc(C(Cl)(Cl)Cl)ns1. The van der Waals surface area contributed by atoms with Crippen molar-refractivity contribution in [2.24, 2.45) is 5.84 Å². The quantitative estimate of drug-likeness (QED) is 0.526. The monoisotopic (exact) mass is 288 g/mol. The third-order valence-electron chi connectivity index (χ3n) is 1.67. The summed E-state index contributed by atoms with van der Waals surface area (Å²) < 4.78 is 2.35. The summed E-state index contributed by atoms with van der Waals surface area (Å²) in [6.45, 7) is 2.80. The van der Waals surface area contributed by atoms with Crippen LogP contribution in [0.2, 0.25) is 0 Å². The van der Waals surface area contributed by atoms with Crippen LogP contribution in [0.1, 0.15) is 25.6 Å². The van der Waals surface area contributed by atoms with Gasteiger partial charge in [0.1, 0.15) is 0 Å². The van der Waals surface area contributed by atoms with Gasteiger partial charge in [-0.15, -0.1) is 0 Å². The molecule has 0 aliphatic rings. The largest absolute Gasteiger partial charge is 0.285 e. The molecule has 1 aromatic rings. The van der Waals surface area contributed by atoms with Gasteiger partial charge in [0.15, 0.2) is 5.82 Å². The van der Waals surface area contributed by atoms with Crippen LogP contribution in [-0.2, 0) is 3.79 Å². The van der Waals surface area contributed by atoms with Crippen molar-refractivity contribution in [3.05, 3.63) is 5.82 Å². The number of hydrazine groups is 1. The molecular formula is C7H11Cl3N4S. The molecular weight excluding hydrogens is 279 g/mol. The molecule has 0 fully saturated rings. The van der Waals surface area contributed by atoms with E-state index in [0.29, 0.717) is 11.7 Å². The molecule has 1 aromatic heterocycles. The average molecular weight is 290 g/mol. The summed E-state index contributed by atoms with van der Waals surface area (Å²) >= 11 is 18.0. The van der Waals surface area contributed by atoms with E-state index >= 15 is 0 Å². The van der Waals surface area contributed by atoms with Crippen molar-refractivity contribution in [2.45, 2.75) is 23.6 Å². The summed E-state index contributed by atoms with van der Waals surface area (Å²) in [4.78, 5) is 4.05. The highest BCUT2D eigenvalue weighted by Gasteiger charge is 2.28. The Labute approximate surface area is 107 Å².